The number of rotatable bonds is 0. The van der Waals surface area contributed by atoms with Crippen LogP contribution in [0.2, 0.25) is 5.02 Å². The highest BCUT2D eigenvalue weighted by atomic mass is 35.5. The van der Waals surface area contributed by atoms with Gasteiger partial charge in [-0.15, -0.1) is 0 Å². The minimum atomic E-state index is 0.726. The second-order valence-electron chi connectivity index (χ2n) is 3.78. The second-order valence-corrected chi connectivity index (χ2v) is 4.21. The Labute approximate surface area is 97.7 Å². The molecule has 3 rings (SSSR count). The van der Waals surface area contributed by atoms with Gasteiger partial charge in [0.15, 0.2) is 0 Å². The molecule has 1 aromatic heterocycles. The van der Waals surface area contributed by atoms with Crippen molar-refractivity contribution in [1.29, 1.82) is 0 Å². The van der Waals surface area contributed by atoms with Crippen molar-refractivity contribution < 1.29 is 0 Å². The first kappa shape index (κ1) is 9.43. The Kier molecular flexibility index (Phi) is 1.98. The molecule has 2 aromatic carbocycles. The summed E-state index contributed by atoms with van der Waals surface area (Å²) < 4.78 is 0. The molecule has 78 valence electrons. The number of pyridine rings is 1. The molecule has 2 N–H and O–H groups in total. The van der Waals surface area contributed by atoms with E-state index in [0.717, 1.165) is 32.5 Å². The summed E-state index contributed by atoms with van der Waals surface area (Å²) in [6.07, 6.45) is 0. The fraction of sp³-hybridized carbons (Fsp3) is 0. The molecular weight excluding hydrogens is 220 g/mol. The number of nitrogen functional groups attached to an aromatic ring is 1. The number of hydrogen-bond donors (Lipinski definition) is 1. The van der Waals surface area contributed by atoms with Gasteiger partial charge in [-0.1, -0.05) is 17.7 Å². The normalized spacial score (nSPS) is 11.1. The fourth-order valence-corrected chi connectivity index (χ4v) is 2.00. The van der Waals surface area contributed by atoms with Crippen molar-refractivity contribution in [3.05, 3.63) is 47.5 Å². The SMILES string of the molecule is Nc1ccc2cc3cc(Cl)ccc3nc2c1. The molecule has 0 spiro atoms. The number of halogens is 1. The first-order chi connectivity index (χ1) is 7.72. The molecule has 2 nitrogen and oxygen atoms in total. The van der Waals surface area contributed by atoms with Gasteiger partial charge in [-0.3, -0.25) is 0 Å². The lowest BCUT2D eigenvalue weighted by Gasteiger charge is -2.02. The molecular formula is C13H9ClN2. The molecule has 3 aromatic rings. The van der Waals surface area contributed by atoms with Gasteiger partial charge in [-0.25, -0.2) is 4.98 Å². The number of aromatic nitrogens is 1. The van der Waals surface area contributed by atoms with Crippen LogP contribution >= 0.6 is 11.6 Å². The third-order valence-electron chi connectivity index (χ3n) is 2.60. The lowest BCUT2D eigenvalue weighted by Crippen LogP contribution is -1.87. The zero-order valence-corrected chi connectivity index (χ0v) is 9.20. The zero-order chi connectivity index (χ0) is 11.1. The maximum atomic E-state index is 5.95. The summed E-state index contributed by atoms with van der Waals surface area (Å²) in [7, 11) is 0. The molecule has 0 saturated heterocycles. The van der Waals surface area contributed by atoms with Crippen LogP contribution in [0.25, 0.3) is 21.8 Å². The van der Waals surface area contributed by atoms with Gasteiger partial charge in [0.05, 0.1) is 11.0 Å². The van der Waals surface area contributed by atoms with Gasteiger partial charge in [-0.2, -0.15) is 0 Å². The molecule has 3 heteroatoms. The molecule has 0 aliphatic heterocycles. The molecule has 0 fully saturated rings. The van der Waals surface area contributed by atoms with Gasteiger partial charge in [0.1, 0.15) is 0 Å². The van der Waals surface area contributed by atoms with Crippen LogP contribution in [-0.4, -0.2) is 4.98 Å². The second kappa shape index (κ2) is 3.35. The molecule has 0 radical (unpaired) electrons. The lowest BCUT2D eigenvalue weighted by molar-refractivity contribution is 1.50. The van der Waals surface area contributed by atoms with Gasteiger partial charge in [0.2, 0.25) is 0 Å². The number of benzene rings is 2. The van der Waals surface area contributed by atoms with Gasteiger partial charge < -0.3 is 5.73 Å². The zero-order valence-electron chi connectivity index (χ0n) is 8.44. The summed E-state index contributed by atoms with van der Waals surface area (Å²) in [6, 6.07) is 13.5. The maximum Gasteiger partial charge on any atom is 0.0730 e. The quantitative estimate of drug-likeness (QED) is 0.472. The van der Waals surface area contributed by atoms with Crippen LogP contribution in [0.5, 0.6) is 0 Å². The molecule has 0 aliphatic carbocycles. The van der Waals surface area contributed by atoms with E-state index in [1.54, 1.807) is 0 Å². The molecule has 0 saturated carbocycles. The minimum absolute atomic E-state index is 0.726. The van der Waals surface area contributed by atoms with E-state index in [1.807, 2.05) is 36.4 Å². The van der Waals surface area contributed by atoms with Crippen LogP contribution in [0.3, 0.4) is 0 Å². The highest BCUT2D eigenvalue weighted by molar-refractivity contribution is 6.31. The van der Waals surface area contributed by atoms with E-state index in [-0.39, 0.29) is 0 Å². The van der Waals surface area contributed by atoms with Crippen LogP contribution in [0.4, 0.5) is 5.69 Å². The number of fused-ring (bicyclic) bond motifs is 2. The van der Waals surface area contributed by atoms with Gasteiger partial charge in [-0.05, 0) is 36.4 Å². The molecule has 1 heterocycles. The number of nitrogens with zero attached hydrogens (tertiary/aromatic N) is 1. The summed E-state index contributed by atoms with van der Waals surface area (Å²) in [5.74, 6) is 0. The van der Waals surface area contributed by atoms with Crippen molar-refractivity contribution in [3.63, 3.8) is 0 Å². The lowest BCUT2D eigenvalue weighted by atomic mass is 10.1. The molecule has 16 heavy (non-hydrogen) atoms. The highest BCUT2D eigenvalue weighted by Gasteiger charge is 2.00. The summed E-state index contributed by atoms with van der Waals surface area (Å²) >= 11 is 5.95. The van der Waals surface area contributed by atoms with Crippen molar-refractivity contribution in [3.8, 4) is 0 Å². The van der Waals surface area contributed by atoms with E-state index >= 15 is 0 Å². The molecule has 0 aliphatic rings. The maximum absolute atomic E-state index is 5.95. The predicted molar refractivity (Wildman–Crippen MR) is 68.7 cm³/mol. The average molecular weight is 229 g/mol. The van der Waals surface area contributed by atoms with Crippen LogP contribution in [0.1, 0.15) is 0 Å². The first-order valence-corrected chi connectivity index (χ1v) is 5.36. The van der Waals surface area contributed by atoms with Crippen molar-refractivity contribution >= 4 is 39.1 Å². The average Bonchev–Trinajstić information content (AvgIpc) is 2.26. The van der Waals surface area contributed by atoms with E-state index in [4.69, 9.17) is 17.3 Å². The van der Waals surface area contributed by atoms with Crippen molar-refractivity contribution in [2.45, 2.75) is 0 Å². The number of nitrogens with two attached hydrogens (primary N) is 1. The summed E-state index contributed by atoms with van der Waals surface area (Å²) in [6.45, 7) is 0. The Hall–Kier alpha value is -1.80. The molecule has 0 bridgehead atoms. The van der Waals surface area contributed by atoms with E-state index in [1.165, 1.54) is 0 Å². The number of hydrogen-bond acceptors (Lipinski definition) is 2. The summed E-state index contributed by atoms with van der Waals surface area (Å²) in [4.78, 5) is 4.54. The standard InChI is InChI=1S/C13H9ClN2/c14-10-2-4-12-9(6-10)5-8-1-3-11(15)7-13(8)16-12/h1-7H,15H2. The summed E-state index contributed by atoms with van der Waals surface area (Å²) in [5, 5.41) is 2.85. The molecule has 0 atom stereocenters. The van der Waals surface area contributed by atoms with E-state index in [9.17, 15) is 0 Å². The first-order valence-electron chi connectivity index (χ1n) is 4.98. The van der Waals surface area contributed by atoms with Gasteiger partial charge >= 0.3 is 0 Å². The van der Waals surface area contributed by atoms with Crippen LogP contribution < -0.4 is 5.73 Å². The van der Waals surface area contributed by atoms with Crippen LogP contribution in [0, 0.1) is 0 Å². The monoisotopic (exact) mass is 228 g/mol. The van der Waals surface area contributed by atoms with E-state index < -0.39 is 0 Å². The summed E-state index contributed by atoms with van der Waals surface area (Å²) in [5.41, 5.74) is 8.31. The highest BCUT2D eigenvalue weighted by Crippen LogP contribution is 2.23. The Bertz CT molecular complexity index is 630. The van der Waals surface area contributed by atoms with Crippen molar-refractivity contribution in [2.75, 3.05) is 5.73 Å². The van der Waals surface area contributed by atoms with Crippen molar-refractivity contribution in [1.82, 2.24) is 4.98 Å². The van der Waals surface area contributed by atoms with Crippen LogP contribution in [0.15, 0.2) is 42.5 Å². The minimum Gasteiger partial charge on any atom is -0.399 e. The van der Waals surface area contributed by atoms with E-state index in [2.05, 4.69) is 11.1 Å². The topological polar surface area (TPSA) is 38.9 Å². The van der Waals surface area contributed by atoms with E-state index in [0.29, 0.717) is 0 Å². The molecule has 0 unspecified atom stereocenters. The Morgan fingerprint density at radius 2 is 1.75 bits per heavy atom. The number of anilines is 1. The Balaban J connectivity index is 2.44. The van der Waals surface area contributed by atoms with Gasteiger partial charge in [0.25, 0.3) is 0 Å². The Morgan fingerprint density at radius 1 is 0.875 bits per heavy atom. The van der Waals surface area contributed by atoms with Crippen molar-refractivity contribution in [2.24, 2.45) is 0 Å². The smallest absolute Gasteiger partial charge is 0.0730 e. The Morgan fingerprint density at radius 3 is 2.62 bits per heavy atom. The van der Waals surface area contributed by atoms with Gasteiger partial charge in [0, 0.05) is 21.5 Å². The third-order valence-corrected chi connectivity index (χ3v) is 2.83. The molecule has 0 amide bonds. The van der Waals surface area contributed by atoms with Crippen LogP contribution in [-0.2, 0) is 0 Å². The predicted octanol–water partition coefficient (Wildman–Crippen LogP) is 3.62. The third kappa shape index (κ3) is 1.48. The largest absolute Gasteiger partial charge is 0.399 e. The fourth-order valence-electron chi connectivity index (χ4n) is 1.82.